The van der Waals surface area contributed by atoms with E-state index in [0.717, 1.165) is 13.0 Å². The van der Waals surface area contributed by atoms with Crippen LogP contribution in [0.2, 0.25) is 0 Å². The van der Waals surface area contributed by atoms with Gasteiger partial charge in [0.1, 0.15) is 0 Å². The highest BCUT2D eigenvalue weighted by molar-refractivity contribution is 4.86. The maximum Gasteiger partial charge on any atom is 0.0682 e. The molecule has 0 bridgehead atoms. The minimum Gasteiger partial charge on any atom is -0.392 e. The van der Waals surface area contributed by atoms with Crippen molar-refractivity contribution < 1.29 is 5.11 Å². The summed E-state index contributed by atoms with van der Waals surface area (Å²) in [5.74, 6) is 0. The molecule has 0 radical (unpaired) electrons. The first-order valence-corrected chi connectivity index (χ1v) is 5.09. The summed E-state index contributed by atoms with van der Waals surface area (Å²) < 4.78 is 0. The molecule has 0 saturated carbocycles. The Morgan fingerprint density at radius 3 is 2.67 bits per heavy atom. The van der Waals surface area contributed by atoms with Crippen molar-refractivity contribution in [3.8, 4) is 0 Å². The molecule has 0 amide bonds. The van der Waals surface area contributed by atoms with Crippen LogP contribution in [0.3, 0.4) is 0 Å². The van der Waals surface area contributed by atoms with Gasteiger partial charge in [0.05, 0.1) is 6.10 Å². The van der Waals surface area contributed by atoms with Gasteiger partial charge in [-0.25, -0.2) is 0 Å². The average Bonchev–Trinajstić information content (AvgIpc) is 2.32. The Bertz CT molecular complexity index is 136. The lowest BCUT2D eigenvalue weighted by molar-refractivity contribution is 0.157. The van der Waals surface area contributed by atoms with Crippen LogP contribution < -0.4 is 0 Å². The van der Waals surface area contributed by atoms with Gasteiger partial charge < -0.3 is 5.11 Å². The van der Waals surface area contributed by atoms with E-state index in [1.54, 1.807) is 0 Å². The van der Waals surface area contributed by atoms with E-state index in [2.05, 4.69) is 25.7 Å². The summed E-state index contributed by atoms with van der Waals surface area (Å²) in [5.41, 5.74) is 0. The number of hydrogen-bond donors (Lipinski definition) is 1. The molecule has 0 aromatic rings. The molecule has 2 nitrogen and oxygen atoms in total. The number of hydrogen-bond acceptors (Lipinski definition) is 2. The molecule has 0 spiro atoms. The van der Waals surface area contributed by atoms with Gasteiger partial charge in [0.2, 0.25) is 0 Å². The summed E-state index contributed by atoms with van der Waals surface area (Å²) in [6, 6.07) is 1.21. The third-order valence-electron chi connectivity index (χ3n) is 2.72. The highest BCUT2D eigenvalue weighted by Crippen LogP contribution is 2.23. The number of aliphatic hydroxyl groups excluding tert-OH is 1. The molecule has 1 fully saturated rings. The fraction of sp³-hybridized carbons (Fsp3) is 1.00. The van der Waals surface area contributed by atoms with Crippen molar-refractivity contribution in [1.82, 2.24) is 4.90 Å². The maximum atomic E-state index is 9.50. The average molecular weight is 171 g/mol. The predicted octanol–water partition coefficient (Wildman–Crippen LogP) is 1.63. The summed E-state index contributed by atoms with van der Waals surface area (Å²) in [5, 5.41) is 9.50. The molecule has 1 aliphatic rings. The number of likely N-dealkylation sites (tertiary alicyclic amines) is 1. The minimum absolute atomic E-state index is 0.0797. The summed E-state index contributed by atoms with van der Waals surface area (Å²) in [6.45, 7) is 7.51. The number of rotatable bonds is 3. The zero-order valence-corrected chi connectivity index (χ0v) is 8.45. The van der Waals surface area contributed by atoms with Crippen LogP contribution in [-0.2, 0) is 0 Å². The normalized spacial score (nSPS) is 31.8. The summed E-state index contributed by atoms with van der Waals surface area (Å²) in [6.07, 6.45) is 3.35. The third kappa shape index (κ3) is 2.20. The molecule has 1 aliphatic heterocycles. The Morgan fingerprint density at radius 2 is 2.17 bits per heavy atom. The van der Waals surface area contributed by atoms with Gasteiger partial charge in [-0.1, -0.05) is 13.3 Å². The van der Waals surface area contributed by atoms with Crippen LogP contribution in [0.1, 0.15) is 40.0 Å². The molecule has 1 heterocycles. The highest BCUT2D eigenvalue weighted by Gasteiger charge is 2.31. The van der Waals surface area contributed by atoms with Gasteiger partial charge in [-0.05, 0) is 26.7 Å². The molecule has 0 aromatic heterocycles. The summed E-state index contributed by atoms with van der Waals surface area (Å²) in [7, 11) is 0. The van der Waals surface area contributed by atoms with E-state index < -0.39 is 0 Å². The van der Waals surface area contributed by atoms with Gasteiger partial charge in [0.15, 0.2) is 0 Å². The van der Waals surface area contributed by atoms with Gasteiger partial charge >= 0.3 is 0 Å². The second-order valence-electron chi connectivity index (χ2n) is 4.12. The van der Waals surface area contributed by atoms with Gasteiger partial charge in [-0.15, -0.1) is 0 Å². The lowest BCUT2D eigenvalue weighted by Gasteiger charge is -2.27. The van der Waals surface area contributed by atoms with Gasteiger partial charge in [-0.3, -0.25) is 4.90 Å². The Balaban J connectivity index is 2.47. The number of β-amino-alcohol motifs (C(OH)–C–C–N with tert-alkyl or cyclic N) is 1. The zero-order chi connectivity index (χ0) is 9.14. The topological polar surface area (TPSA) is 23.5 Å². The quantitative estimate of drug-likeness (QED) is 0.697. The van der Waals surface area contributed by atoms with Gasteiger partial charge in [0.25, 0.3) is 0 Å². The Hall–Kier alpha value is -0.0800. The second kappa shape index (κ2) is 4.24. The van der Waals surface area contributed by atoms with E-state index in [9.17, 15) is 5.11 Å². The first kappa shape index (κ1) is 10.0. The highest BCUT2D eigenvalue weighted by atomic mass is 16.3. The predicted molar refractivity (Wildman–Crippen MR) is 51.2 cm³/mol. The minimum atomic E-state index is -0.0797. The van der Waals surface area contributed by atoms with E-state index in [0.29, 0.717) is 12.1 Å². The van der Waals surface area contributed by atoms with E-state index >= 15 is 0 Å². The Labute approximate surface area is 75.6 Å². The van der Waals surface area contributed by atoms with Gasteiger partial charge in [-0.2, -0.15) is 0 Å². The monoisotopic (exact) mass is 171 g/mol. The third-order valence-corrected chi connectivity index (χ3v) is 2.72. The van der Waals surface area contributed by atoms with Crippen molar-refractivity contribution >= 4 is 0 Å². The summed E-state index contributed by atoms with van der Waals surface area (Å²) in [4.78, 5) is 2.42. The Morgan fingerprint density at radius 1 is 1.50 bits per heavy atom. The number of aliphatic hydroxyl groups is 1. The van der Waals surface area contributed by atoms with Crippen molar-refractivity contribution in [2.45, 2.75) is 58.2 Å². The van der Waals surface area contributed by atoms with Crippen molar-refractivity contribution in [3.05, 3.63) is 0 Å². The van der Waals surface area contributed by atoms with Crippen molar-refractivity contribution in [2.75, 3.05) is 6.54 Å². The van der Waals surface area contributed by atoms with E-state index in [1.165, 1.54) is 12.8 Å². The second-order valence-corrected chi connectivity index (χ2v) is 4.12. The standard InChI is InChI=1S/C10H21NO/c1-4-5-9-6-10(12)7-11(9)8(2)3/h8-10,12H,4-7H2,1-3H3/t9-,10-/m1/s1. The van der Waals surface area contributed by atoms with Crippen molar-refractivity contribution in [3.63, 3.8) is 0 Å². The molecule has 0 unspecified atom stereocenters. The molecule has 2 atom stereocenters. The molecule has 12 heavy (non-hydrogen) atoms. The fourth-order valence-corrected chi connectivity index (χ4v) is 2.17. The molecule has 2 heteroatoms. The smallest absolute Gasteiger partial charge is 0.0682 e. The molecular weight excluding hydrogens is 150 g/mol. The molecule has 1 rings (SSSR count). The summed E-state index contributed by atoms with van der Waals surface area (Å²) >= 11 is 0. The molecule has 1 saturated heterocycles. The van der Waals surface area contributed by atoms with Crippen LogP contribution in [0.5, 0.6) is 0 Å². The molecule has 0 aromatic carbocycles. The Kier molecular flexibility index (Phi) is 3.53. The van der Waals surface area contributed by atoms with Crippen LogP contribution in [0, 0.1) is 0 Å². The molecular formula is C10H21NO. The van der Waals surface area contributed by atoms with Crippen LogP contribution in [0.25, 0.3) is 0 Å². The maximum absolute atomic E-state index is 9.50. The zero-order valence-electron chi connectivity index (χ0n) is 8.45. The lowest BCUT2D eigenvalue weighted by atomic mass is 10.1. The fourth-order valence-electron chi connectivity index (χ4n) is 2.17. The van der Waals surface area contributed by atoms with Crippen molar-refractivity contribution in [1.29, 1.82) is 0 Å². The first-order valence-electron chi connectivity index (χ1n) is 5.09. The van der Waals surface area contributed by atoms with Crippen LogP contribution in [0.4, 0.5) is 0 Å². The SMILES string of the molecule is CCC[C@@H]1C[C@@H](O)CN1C(C)C. The van der Waals surface area contributed by atoms with Crippen LogP contribution >= 0.6 is 0 Å². The van der Waals surface area contributed by atoms with Crippen LogP contribution in [0.15, 0.2) is 0 Å². The van der Waals surface area contributed by atoms with Crippen molar-refractivity contribution in [2.24, 2.45) is 0 Å². The molecule has 1 N–H and O–H groups in total. The van der Waals surface area contributed by atoms with E-state index in [-0.39, 0.29) is 6.10 Å². The van der Waals surface area contributed by atoms with Crippen LogP contribution in [-0.4, -0.2) is 34.7 Å². The largest absolute Gasteiger partial charge is 0.392 e. The van der Waals surface area contributed by atoms with E-state index in [4.69, 9.17) is 0 Å². The van der Waals surface area contributed by atoms with E-state index in [1.807, 2.05) is 0 Å². The molecule has 0 aliphatic carbocycles. The number of nitrogens with zero attached hydrogens (tertiary/aromatic N) is 1. The first-order chi connectivity index (χ1) is 5.65. The molecule has 72 valence electrons. The lowest BCUT2D eigenvalue weighted by Crippen LogP contribution is -2.35. The van der Waals surface area contributed by atoms with Gasteiger partial charge in [0, 0.05) is 18.6 Å².